The molecule has 1 aliphatic rings. The third-order valence-electron chi connectivity index (χ3n) is 7.81. The van der Waals surface area contributed by atoms with E-state index in [0.717, 1.165) is 0 Å². The topological polar surface area (TPSA) is 0 Å². The van der Waals surface area contributed by atoms with Crippen LogP contribution in [0.5, 0.6) is 0 Å². The van der Waals surface area contributed by atoms with Gasteiger partial charge in [0.15, 0.2) is 0 Å². The summed E-state index contributed by atoms with van der Waals surface area (Å²) in [5.74, 6) is -1.77. The van der Waals surface area contributed by atoms with Crippen LogP contribution in [-0.2, 0) is 27.2 Å². The molecular weight excluding hydrogens is 719 g/mol. The first-order valence-corrected chi connectivity index (χ1v) is 23.9. The van der Waals surface area contributed by atoms with Gasteiger partial charge in [-0.25, -0.2) is 0 Å². The van der Waals surface area contributed by atoms with Gasteiger partial charge in [-0.05, 0) is 38.8 Å². The molecule has 0 aromatic heterocycles. The van der Waals surface area contributed by atoms with Crippen LogP contribution in [-0.4, -0.2) is 0 Å². The SMILES string of the molecule is C[C]1C(C)=C(C)C(C)=C1C.[S-]P(c1ccccc1)(c1ccccc1)(c1ccccc1)c1ccccc1.[S]=[W]=[S]. The Morgan fingerprint density at radius 2 is 0.641 bits per heavy atom. The predicted molar refractivity (Wildman–Crippen MR) is 179 cm³/mol. The number of hydrogen-bond acceptors (Lipinski definition) is 3. The number of rotatable bonds is 4. The first-order valence-electron chi connectivity index (χ1n) is 12.8. The van der Waals surface area contributed by atoms with Crippen molar-refractivity contribution in [2.75, 3.05) is 0 Å². The Morgan fingerprint density at radius 1 is 0.436 bits per heavy atom. The van der Waals surface area contributed by atoms with Gasteiger partial charge < -0.3 is 0 Å². The molecule has 0 aliphatic heterocycles. The van der Waals surface area contributed by atoms with E-state index in [1.54, 1.807) is 0 Å². The van der Waals surface area contributed by atoms with E-state index in [-0.39, 0.29) is 0 Å². The van der Waals surface area contributed by atoms with Crippen molar-refractivity contribution >= 4 is 58.9 Å². The van der Waals surface area contributed by atoms with Crippen molar-refractivity contribution in [2.45, 2.75) is 34.6 Å². The van der Waals surface area contributed by atoms with Crippen molar-refractivity contribution in [3.63, 3.8) is 0 Å². The molecule has 0 unspecified atom stereocenters. The third-order valence-corrected chi connectivity index (χ3v) is 15.5. The van der Waals surface area contributed by atoms with Gasteiger partial charge in [0, 0.05) is 5.92 Å². The molecule has 0 amide bonds. The van der Waals surface area contributed by atoms with Crippen LogP contribution in [0, 0.1) is 5.92 Å². The Labute approximate surface area is 256 Å². The van der Waals surface area contributed by atoms with Crippen molar-refractivity contribution in [1.82, 2.24) is 0 Å². The Balaban J connectivity index is 0.000000270. The molecule has 5 heteroatoms. The van der Waals surface area contributed by atoms with Crippen molar-refractivity contribution in [3.05, 3.63) is 150 Å². The van der Waals surface area contributed by atoms with Gasteiger partial charge in [0.1, 0.15) is 0 Å². The number of hydrogen-bond donors (Lipinski definition) is 0. The molecule has 0 nitrogen and oxygen atoms in total. The summed E-state index contributed by atoms with van der Waals surface area (Å²) in [5, 5.41) is 4.82. The third kappa shape index (κ3) is 6.29. The number of benzene rings is 4. The molecule has 0 saturated heterocycles. The van der Waals surface area contributed by atoms with E-state index >= 15 is 0 Å². The number of allylic oxidation sites excluding steroid dienone is 4. The Morgan fingerprint density at radius 3 is 0.795 bits per heavy atom. The van der Waals surface area contributed by atoms with Gasteiger partial charge in [0.05, 0.1) is 0 Å². The molecule has 0 heterocycles. The molecule has 5 rings (SSSR count). The zero-order valence-electron chi connectivity index (χ0n) is 23.1. The van der Waals surface area contributed by atoms with E-state index in [0.29, 0.717) is 0 Å². The fraction of sp³-hybridized carbons (Fsp3) is 0.147. The average Bonchev–Trinajstić information content (AvgIpc) is 3.16. The molecule has 4 aromatic carbocycles. The second kappa shape index (κ2) is 14.2. The summed E-state index contributed by atoms with van der Waals surface area (Å²) in [7, 11) is 8.75. The van der Waals surface area contributed by atoms with Crippen LogP contribution in [0.2, 0.25) is 0 Å². The van der Waals surface area contributed by atoms with Crippen molar-refractivity contribution < 1.29 is 14.9 Å². The van der Waals surface area contributed by atoms with Crippen molar-refractivity contribution in [3.8, 4) is 0 Å². The van der Waals surface area contributed by atoms with E-state index < -0.39 is 20.7 Å². The summed E-state index contributed by atoms with van der Waals surface area (Å²) in [6.45, 7) is 11.0. The Hall–Kier alpha value is -1.73. The molecule has 0 N–H and O–H groups in total. The average molecular weight is 755 g/mol. The quantitative estimate of drug-likeness (QED) is 0.151. The van der Waals surface area contributed by atoms with Gasteiger partial charge in [0.2, 0.25) is 0 Å². The van der Waals surface area contributed by atoms with Gasteiger partial charge in [-0.2, -0.15) is 0 Å². The summed E-state index contributed by atoms with van der Waals surface area (Å²) in [5.41, 5.74) is 5.87. The summed E-state index contributed by atoms with van der Waals surface area (Å²) in [6, 6.07) is 42.5. The van der Waals surface area contributed by atoms with Gasteiger partial charge in [-0.15, -0.1) is 0 Å². The molecule has 201 valence electrons. The maximum atomic E-state index is 6.86. The summed E-state index contributed by atoms with van der Waals surface area (Å²) < 4.78 is 0. The zero-order chi connectivity index (χ0) is 28.5. The van der Waals surface area contributed by atoms with E-state index in [9.17, 15) is 0 Å². The van der Waals surface area contributed by atoms with Crippen LogP contribution >= 0.6 is 25.4 Å². The molecule has 39 heavy (non-hydrogen) atoms. The van der Waals surface area contributed by atoms with E-state index in [1.165, 1.54) is 49.4 Å². The van der Waals surface area contributed by atoms with Crippen LogP contribution in [0.15, 0.2) is 144 Å². The normalized spacial score (nSPS) is 14.4. The first kappa shape index (κ1) is 31.8. The van der Waals surface area contributed by atoms with Gasteiger partial charge >= 0.3 is 195 Å². The maximum absolute atomic E-state index is 6.86. The Bertz CT molecular complexity index is 1280. The fourth-order valence-corrected chi connectivity index (χ4v) is 11.4. The molecule has 1 aliphatic carbocycles. The van der Waals surface area contributed by atoms with E-state index in [2.05, 4.69) is 176 Å². The molecule has 0 atom stereocenters. The van der Waals surface area contributed by atoms with E-state index in [1.807, 2.05) is 0 Å². The second-order valence-electron chi connectivity index (χ2n) is 9.57. The molecule has 1 radical (unpaired) electrons. The molecular formula is C34H35PS3W-. The van der Waals surface area contributed by atoms with E-state index in [4.69, 9.17) is 12.2 Å². The van der Waals surface area contributed by atoms with Gasteiger partial charge in [-0.3, -0.25) is 0 Å². The second-order valence-corrected chi connectivity index (χ2v) is 20.8. The minimum atomic E-state index is -3.23. The molecule has 4 aromatic rings. The van der Waals surface area contributed by atoms with Gasteiger partial charge in [-0.1, -0.05) is 18.1 Å². The van der Waals surface area contributed by atoms with Crippen molar-refractivity contribution in [1.29, 1.82) is 0 Å². The summed E-state index contributed by atoms with van der Waals surface area (Å²) in [4.78, 5) is 0. The standard InChI is InChI=1S/C24H20PS.C10H15.2S.W/c26-25(21-13-5-1-6-14-21,22-15-7-2-8-16-22,23-17-9-3-10-18-23)24-19-11-4-12-20-24;1-6-7(2)9(4)10(5)8(6)3;;;/h1-20H;1-5H3;;;/q-1;;;;. The van der Waals surface area contributed by atoms with Crippen LogP contribution < -0.4 is 21.2 Å². The van der Waals surface area contributed by atoms with Gasteiger partial charge in [0.25, 0.3) is 0 Å². The van der Waals surface area contributed by atoms with Crippen LogP contribution in [0.25, 0.3) is 0 Å². The predicted octanol–water partition coefficient (Wildman–Crippen LogP) is 8.86. The van der Waals surface area contributed by atoms with Crippen LogP contribution in [0.3, 0.4) is 0 Å². The minimum absolute atomic E-state index is 0.583. The molecule has 0 spiro atoms. The fourth-order valence-electron chi connectivity index (χ4n) is 5.15. The first-order chi connectivity index (χ1) is 18.7. The van der Waals surface area contributed by atoms with Crippen LogP contribution in [0.1, 0.15) is 34.6 Å². The molecule has 0 bridgehead atoms. The van der Waals surface area contributed by atoms with Crippen LogP contribution in [0.4, 0.5) is 0 Å². The summed E-state index contributed by atoms with van der Waals surface area (Å²) >= 11 is 6.28. The summed E-state index contributed by atoms with van der Waals surface area (Å²) in [6.07, 6.45) is 0. The monoisotopic (exact) mass is 754 g/mol. The molecule has 0 saturated carbocycles. The molecule has 0 fully saturated rings. The zero-order valence-corrected chi connectivity index (χ0v) is 29.4. The Kier molecular flexibility index (Phi) is 11.6. The van der Waals surface area contributed by atoms with Crippen molar-refractivity contribution in [2.24, 2.45) is 0 Å².